The van der Waals surface area contributed by atoms with E-state index < -0.39 is 28.5 Å². The van der Waals surface area contributed by atoms with Crippen LogP contribution in [-0.2, 0) is 32.6 Å². The van der Waals surface area contributed by atoms with E-state index in [-0.39, 0.29) is 30.6 Å². The summed E-state index contributed by atoms with van der Waals surface area (Å²) in [4.78, 5) is 29.1. The molecule has 0 aliphatic heterocycles. The molecule has 0 saturated heterocycles. The fourth-order valence-corrected chi connectivity index (χ4v) is 5.28. The van der Waals surface area contributed by atoms with Crippen molar-refractivity contribution in [2.75, 3.05) is 31.3 Å². The Morgan fingerprint density at radius 1 is 0.902 bits per heavy atom. The number of carbonyl (C=O) groups excluding carboxylic acids is 2. The summed E-state index contributed by atoms with van der Waals surface area (Å²) in [5, 5.41) is 3.45. The van der Waals surface area contributed by atoms with Crippen LogP contribution in [0.4, 0.5) is 5.69 Å². The number of carbonyl (C=O) groups is 2. The summed E-state index contributed by atoms with van der Waals surface area (Å²) in [6, 6.07) is 19.8. The Labute approximate surface area is 247 Å². The normalized spacial score (nSPS) is 12.0. The van der Waals surface area contributed by atoms with Gasteiger partial charge in [-0.3, -0.25) is 13.9 Å². The number of benzene rings is 3. The van der Waals surface area contributed by atoms with Crippen molar-refractivity contribution in [3.8, 4) is 11.5 Å². The van der Waals surface area contributed by atoms with Gasteiger partial charge in [-0.25, -0.2) is 8.42 Å². The van der Waals surface area contributed by atoms with Crippen molar-refractivity contribution >= 4 is 39.1 Å². The van der Waals surface area contributed by atoms with Gasteiger partial charge < -0.3 is 19.7 Å². The lowest BCUT2D eigenvalue weighted by Crippen LogP contribution is -2.54. The van der Waals surface area contributed by atoms with E-state index in [1.165, 1.54) is 31.3 Å². The minimum absolute atomic E-state index is 0.0581. The minimum Gasteiger partial charge on any atom is -0.493 e. The number of rotatable bonds is 13. The maximum absolute atomic E-state index is 14.1. The second-order valence-corrected chi connectivity index (χ2v) is 12.2. The summed E-state index contributed by atoms with van der Waals surface area (Å²) in [7, 11) is -1.01. The van der Waals surface area contributed by atoms with Gasteiger partial charge in [-0.2, -0.15) is 0 Å². The molecule has 0 radical (unpaired) electrons. The molecular weight excluding hydrogens is 566 g/mol. The highest BCUT2D eigenvalue weighted by Crippen LogP contribution is 2.32. The lowest BCUT2D eigenvalue weighted by Gasteiger charge is -2.34. The topological polar surface area (TPSA) is 105 Å². The number of nitrogens with one attached hydrogen (secondary N) is 1. The van der Waals surface area contributed by atoms with Crippen molar-refractivity contribution in [2.24, 2.45) is 0 Å². The summed E-state index contributed by atoms with van der Waals surface area (Å²) >= 11 is 6.08. The monoisotopic (exact) mass is 601 g/mol. The highest BCUT2D eigenvalue weighted by atomic mass is 35.5. The third kappa shape index (κ3) is 8.86. The van der Waals surface area contributed by atoms with Gasteiger partial charge in [0.05, 0.1) is 26.2 Å². The van der Waals surface area contributed by atoms with Gasteiger partial charge in [-0.05, 0) is 49.2 Å². The molecule has 0 aliphatic carbocycles. The average molecular weight is 602 g/mol. The molecule has 2 amide bonds. The molecule has 0 aliphatic rings. The third-order valence-electron chi connectivity index (χ3n) is 6.30. The molecule has 11 heteroatoms. The summed E-state index contributed by atoms with van der Waals surface area (Å²) in [5.41, 5.74) is 1.80. The van der Waals surface area contributed by atoms with E-state index in [2.05, 4.69) is 5.32 Å². The summed E-state index contributed by atoms with van der Waals surface area (Å²) < 4.78 is 37.6. The molecule has 9 nitrogen and oxygen atoms in total. The van der Waals surface area contributed by atoms with E-state index in [1.807, 2.05) is 44.2 Å². The van der Waals surface area contributed by atoms with Crippen molar-refractivity contribution < 1.29 is 27.5 Å². The van der Waals surface area contributed by atoms with Crippen molar-refractivity contribution in [3.63, 3.8) is 0 Å². The molecule has 0 spiro atoms. The molecule has 220 valence electrons. The first-order chi connectivity index (χ1) is 19.4. The standard InChI is InChI=1S/C30H36ClN3O6S/c1-21(2)32-30(36)26(17-22-9-7-6-8-10-22)33(19-23-11-13-24(31)14-12-23)29(35)20-34(41(5,37)38)25-15-16-27(39-3)28(18-25)40-4/h6-16,18,21,26H,17,19-20H2,1-5H3,(H,32,36)/t26-/m0/s1. The maximum Gasteiger partial charge on any atom is 0.244 e. The molecule has 3 aromatic carbocycles. The van der Waals surface area contributed by atoms with E-state index in [0.29, 0.717) is 16.5 Å². The second kappa shape index (κ2) is 14.2. The predicted octanol–water partition coefficient (Wildman–Crippen LogP) is 4.29. The van der Waals surface area contributed by atoms with Crippen LogP contribution in [0, 0.1) is 0 Å². The van der Waals surface area contributed by atoms with Gasteiger partial charge in [0.1, 0.15) is 12.6 Å². The molecule has 41 heavy (non-hydrogen) atoms. The maximum atomic E-state index is 14.1. The fraction of sp³-hybridized carbons (Fsp3) is 0.333. The average Bonchev–Trinajstić information content (AvgIpc) is 2.93. The van der Waals surface area contributed by atoms with Crippen molar-refractivity contribution in [3.05, 3.63) is 88.9 Å². The van der Waals surface area contributed by atoms with E-state index in [9.17, 15) is 18.0 Å². The minimum atomic E-state index is -3.92. The number of amides is 2. The Kier molecular flexibility index (Phi) is 11.0. The summed E-state index contributed by atoms with van der Waals surface area (Å²) in [5.74, 6) is -0.181. The Morgan fingerprint density at radius 3 is 2.10 bits per heavy atom. The van der Waals surface area contributed by atoms with E-state index in [0.717, 1.165) is 21.7 Å². The molecule has 1 atom stereocenters. The molecule has 0 aromatic heterocycles. The molecule has 1 N–H and O–H groups in total. The van der Waals surface area contributed by atoms with Crippen LogP contribution < -0.4 is 19.1 Å². The van der Waals surface area contributed by atoms with Gasteiger partial charge in [0, 0.05) is 30.1 Å². The first kappa shape index (κ1) is 31.8. The number of ether oxygens (including phenoxy) is 2. The van der Waals surface area contributed by atoms with Crippen LogP contribution in [0.1, 0.15) is 25.0 Å². The number of methoxy groups -OCH3 is 2. The molecule has 3 aromatic rings. The zero-order valence-corrected chi connectivity index (χ0v) is 25.4. The van der Waals surface area contributed by atoms with Crippen molar-refractivity contribution in [1.82, 2.24) is 10.2 Å². The Bertz CT molecular complexity index is 1430. The van der Waals surface area contributed by atoms with Crippen molar-refractivity contribution in [2.45, 2.75) is 38.9 Å². The van der Waals surface area contributed by atoms with Crippen LogP contribution in [0.2, 0.25) is 5.02 Å². The molecule has 0 saturated carbocycles. The quantitative estimate of drug-likeness (QED) is 0.313. The fourth-order valence-electron chi connectivity index (χ4n) is 4.31. The number of sulfonamides is 1. The van der Waals surface area contributed by atoms with Crippen molar-refractivity contribution in [1.29, 1.82) is 0 Å². The number of hydrogen-bond acceptors (Lipinski definition) is 6. The van der Waals surface area contributed by atoms with E-state index >= 15 is 0 Å². The number of nitrogens with zero attached hydrogens (tertiary/aromatic N) is 2. The number of hydrogen-bond donors (Lipinski definition) is 1. The van der Waals surface area contributed by atoms with Gasteiger partial charge in [0.15, 0.2) is 11.5 Å². The van der Waals surface area contributed by atoms with Gasteiger partial charge in [-0.15, -0.1) is 0 Å². The lowest BCUT2D eigenvalue weighted by molar-refractivity contribution is -0.140. The van der Waals surface area contributed by atoms with E-state index in [4.69, 9.17) is 21.1 Å². The summed E-state index contributed by atoms with van der Waals surface area (Å²) in [6.45, 7) is 3.20. The third-order valence-corrected chi connectivity index (χ3v) is 7.70. The van der Waals surface area contributed by atoms with Gasteiger partial charge in [0.25, 0.3) is 0 Å². The van der Waals surface area contributed by atoms with Crippen LogP contribution in [-0.4, -0.2) is 64.2 Å². The smallest absolute Gasteiger partial charge is 0.244 e. The SMILES string of the molecule is COc1ccc(N(CC(=O)N(Cc2ccc(Cl)cc2)[C@@H](Cc2ccccc2)C(=O)NC(C)C)S(C)(=O)=O)cc1OC. The zero-order valence-electron chi connectivity index (χ0n) is 23.8. The van der Waals surface area contributed by atoms with Crippen LogP contribution in [0.15, 0.2) is 72.8 Å². The molecular formula is C30H36ClN3O6S. The molecule has 0 heterocycles. The predicted molar refractivity (Wildman–Crippen MR) is 161 cm³/mol. The number of halogens is 1. The molecule has 0 bridgehead atoms. The molecule has 3 rings (SSSR count). The first-order valence-corrected chi connectivity index (χ1v) is 15.2. The first-order valence-electron chi connectivity index (χ1n) is 13.0. The van der Waals surface area contributed by atoms with Crippen LogP contribution in [0.25, 0.3) is 0 Å². The van der Waals surface area contributed by atoms with Crippen LogP contribution >= 0.6 is 11.6 Å². The largest absolute Gasteiger partial charge is 0.493 e. The molecule has 0 unspecified atom stereocenters. The Morgan fingerprint density at radius 2 is 1.54 bits per heavy atom. The Hall–Kier alpha value is -3.76. The van der Waals surface area contributed by atoms with Gasteiger partial charge in [0.2, 0.25) is 21.8 Å². The lowest BCUT2D eigenvalue weighted by atomic mass is 10.0. The van der Waals surface area contributed by atoms with Crippen LogP contribution in [0.3, 0.4) is 0 Å². The highest BCUT2D eigenvalue weighted by molar-refractivity contribution is 7.92. The van der Waals surface area contributed by atoms with Gasteiger partial charge >= 0.3 is 0 Å². The zero-order chi connectivity index (χ0) is 30.2. The highest BCUT2D eigenvalue weighted by Gasteiger charge is 2.33. The molecule has 0 fully saturated rings. The summed E-state index contributed by atoms with van der Waals surface area (Å²) in [6.07, 6.45) is 1.25. The van der Waals surface area contributed by atoms with E-state index in [1.54, 1.807) is 30.3 Å². The number of anilines is 1. The Balaban J connectivity index is 2.07. The second-order valence-electron chi connectivity index (χ2n) is 9.83. The van der Waals surface area contributed by atoms with Gasteiger partial charge in [-0.1, -0.05) is 54.1 Å². The van der Waals surface area contributed by atoms with Crippen LogP contribution in [0.5, 0.6) is 11.5 Å².